The first kappa shape index (κ1) is 16.5. The fourth-order valence-electron chi connectivity index (χ4n) is 4.25. The Labute approximate surface area is 168 Å². The van der Waals surface area contributed by atoms with Crippen molar-refractivity contribution in [1.82, 2.24) is 14.5 Å². The first-order valence-corrected chi connectivity index (χ1v) is 10.0. The van der Waals surface area contributed by atoms with E-state index in [1.165, 1.54) is 24.8 Å². The van der Waals surface area contributed by atoms with Gasteiger partial charge in [0.15, 0.2) is 12.2 Å². The van der Waals surface area contributed by atoms with Gasteiger partial charge in [-0.2, -0.15) is 0 Å². The maximum absolute atomic E-state index is 5.56. The zero-order chi connectivity index (χ0) is 19.4. The van der Waals surface area contributed by atoms with Gasteiger partial charge in [-0.25, -0.2) is 9.97 Å². The summed E-state index contributed by atoms with van der Waals surface area (Å²) in [5, 5.41) is 0. The molecule has 0 unspecified atom stereocenters. The van der Waals surface area contributed by atoms with Gasteiger partial charge in [-0.3, -0.25) is 9.56 Å². The molecular weight excluding hydrogens is 360 g/mol. The van der Waals surface area contributed by atoms with Crippen LogP contribution in [0.25, 0.3) is 17.1 Å². The van der Waals surface area contributed by atoms with Crippen molar-refractivity contribution in [3.63, 3.8) is 0 Å². The molecule has 2 aliphatic rings. The molecule has 2 aromatic heterocycles. The van der Waals surface area contributed by atoms with Crippen molar-refractivity contribution < 1.29 is 4.42 Å². The van der Waals surface area contributed by atoms with E-state index >= 15 is 0 Å². The van der Waals surface area contributed by atoms with Crippen molar-refractivity contribution >= 4 is 5.71 Å². The normalized spacial score (nSPS) is 18.0. The van der Waals surface area contributed by atoms with Crippen molar-refractivity contribution in [3.05, 3.63) is 89.8 Å². The third kappa shape index (κ3) is 2.65. The number of benzene rings is 2. The molecule has 0 amide bonds. The minimum absolute atomic E-state index is 0.0791. The Kier molecular flexibility index (Phi) is 3.57. The molecule has 0 N–H and O–H groups in total. The lowest BCUT2D eigenvalue weighted by Crippen LogP contribution is -2.07. The minimum atomic E-state index is -0.0791. The molecule has 1 aliphatic heterocycles. The van der Waals surface area contributed by atoms with Crippen LogP contribution in [0.4, 0.5) is 0 Å². The third-order valence-electron chi connectivity index (χ3n) is 5.82. The molecule has 1 atom stereocenters. The molecule has 0 bridgehead atoms. The third-order valence-corrected chi connectivity index (χ3v) is 5.82. The highest BCUT2D eigenvalue weighted by Crippen LogP contribution is 2.42. The standard InChI is InChI=1S/C24H20N4O/c1-15-24-23(21-12-25-14-29-21)26-13-28(24)20-10-9-18(16-7-8-16)11-19(20)22(27-15)17-5-3-2-4-6-17/h2-6,9-16H,7-8H2,1H3/t15-/m1/s1. The molecule has 3 heterocycles. The Morgan fingerprint density at radius 2 is 1.93 bits per heavy atom. The average molecular weight is 380 g/mol. The monoisotopic (exact) mass is 380 g/mol. The summed E-state index contributed by atoms with van der Waals surface area (Å²) >= 11 is 0. The van der Waals surface area contributed by atoms with Crippen LogP contribution in [0.1, 0.15) is 54.1 Å². The van der Waals surface area contributed by atoms with Crippen LogP contribution in [0, 0.1) is 0 Å². The van der Waals surface area contributed by atoms with E-state index in [1.807, 2.05) is 12.4 Å². The Balaban J connectivity index is 1.62. The molecule has 0 radical (unpaired) electrons. The van der Waals surface area contributed by atoms with Crippen molar-refractivity contribution in [2.45, 2.75) is 31.7 Å². The van der Waals surface area contributed by atoms with Crippen molar-refractivity contribution in [2.75, 3.05) is 0 Å². The number of aliphatic imine (C=N–C) groups is 1. The van der Waals surface area contributed by atoms with E-state index in [4.69, 9.17) is 9.41 Å². The van der Waals surface area contributed by atoms with E-state index in [2.05, 4.69) is 63.9 Å². The van der Waals surface area contributed by atoms with Crippen LogP contribution in [0.15, 0.2) is 76.9 Å². The Hall–Kier alpha value is -3.47. The summed E-state index contributed by atoms with van der Waals surface area (Å²) in [4.78, 5) is 13.9. The predicted molar refractivity (Wildman–Crippen MR) is 112 cm³/mol. The molecule has 29 heavy (non-hydrogen) atoms. The van der Waals surface area contributed by atoms with Gasteiger partial charge in [0, 0.05) is 11.1 Å². The molecule has 4 aromatic rings. The quantitative estimate of drug-likeness (QED) is 0.483. The number of hydrogen-bond donors (Lipinski definition) is 0. The largest absolute Gasteiger partial charge is 0.442 e. The number of oxazole rings is 1. The van der Waals surface area contributed by atoms with Gasteiger partial charge in [0.05, 0.1) is 29.3 Å². The van der Waals surface area contributed by atoms with Crippen LogP contribution in [0.3, 0.4) is 0 Å². The SMILES string of the molecule is C[C@H]1N=C(c2ccccc2)c2cc(C3CC3)ccc2-n2cnc(-c3cnco3)c21. The summed E-state index contributed by atoms with van der Waals surface area (Å²) in [7, 11) is 0. The molecule has 1 aliphatic carbocycles. The second kappa shape index (κ2) is 6.27. The number of rotatable bonds is 3. The Bertz CT molecular complexity index is 1220. The summed E-state index contributed by atoms with van der Waals surface area (Å²) in [6.07, 6.45) is 7.58. The lowest BCUT2D eigenvalue weighted by Gasteiger charge is -2.13. The van der Waals surface area contributed by atoms with Crippen molar-refractivity contribution in [1.29, 1.82) is 0 Å². The minimum Gasteiger partial charge on any atom is -0.442 e. The lowest BCUT2D eigenvalue weighted by atomic mass is 9.97. The molecule has 5 heteroatoms. The number of aromatic nitrogens is 3. The number of hydrogen-bond acceptors (Lipinski definition) is 4. The van der Waals surface area contributed by atoms with E-state index in [0.717, 1.165) is 33.9 Å². The van der Waals surface area contributed by atoms with Gasteiger partial charge in [-0.05, 0) is 43.4 Å². The van der Waals surface area contributed by atoms with Crippen LogP contribution in [-0.2, 0) is 0 Å². The first-order valence-electron chi connectivity index (χ1n) is 10.0. The molecule has 0 saturated heterocycles. The van der Waals surface area contributed by atoms with E-state index in [0.29, 0.717) is 11.7 Å². The number of fused-ring (bicyclic) bond motifs is 3. The van der Waals surface area contributed by atoms with E-state index in [-0.39, 0.29) is 6.04 Å². The molecule has 2 aromatic carbocycles. The Morgan fingerprint density at radius 3 is 2.69 bits per heavy atom. The topological polar surface area (TPSA) is 56.2 Å². The predicted octanol–water partition coefficient (Wildman–Crippen LogP) is 5.32. The van der Waals surface area contributed by atoms with Crippen LogP contribution in [0.2, 0.25) is 0 Å². The zero-order valence-corrected chi connectivity index (χ0v) is 16.1. The summed E-state index contributed by atoms with van der Waals surface area (Å²) in [5.41, 5.74) is 7.65. The molecule has 142 valence electrons. The van der Waals surface area contributed by atoms with Gasteiger partial charge < -0.3 is 4.42 Å². The molecular formula is C24H20N4O. The van der Waals surface area contributed by atoms with Crippen LogP contribution in [0.5, 0.6) is 0 Å². The van der Waals surface area contributed by atoms with E-state index in [1.54, 1.807) is 6.20 Å². The summed E-state index contributed by atoms with van der Waals surface area (Å²) in [6, 6.07) is 17.2. The number of nitrogens with zero attached hydrogens (tertiary/aromatic N) is 4. The average Bonchev–Trinajstić information content (AvgIpc) is 3.31. The van der Waals surface area contributed by atoms with E-state index in [9.17, 15) is 0 Å². The second-order valence-electron chi connectivity index (χ2n) is 7.78. The molecule has 6 rings (SSSR count). The van der Waals surface area contributed by atoms with Crippen LogP contribution < -0.4 is 0 Å². The molecule has 1 saturated carbocycles. The van der Waals surface area contributed by atoms with Gasteiger partial charge in [0.25, 0.3) is 0 Å². The molecule has 0 spiro atoms. The second-order valence-corrected chi connectivity index (χ2v) is 7.78. The maximum Gasteiger partial charge on any atom is 0.181 e. The van der Waals surface area contributed by atoms with Gasteiger partial charge in [0.2, 0.25) is 0 Å². The maximum atomic E-state index is 5.56. The smallest absolute Gasteiger partial charge is 0.181 e. The van der Waals surface area contributed by atoms with Crippen molar-refractivity contribution in [2.24, 2.45) is 4.99 Å². The highest BCUT2D eigenvalue weighted by atomic mass is 16.3. The highest BCUT2D eigenvalue weighted by molar-refractivity contribution is 6.15. The van der Waals surface area contributed by atoms with Crippen molar-refractivity contribution in [3.8, 4) is 17.1 Å². The summed E-state index contributed by atoms with van der Waals surface area (Å²) in [5.74, 6) is 1.35. The summed E-state index contributed by atoms with van der Waals surface area (Å²) < 4.78 is 7.72. The summed E-state index contributed by atoms with van der Waals surface area (Å²) in [6.45, 7) is 2.12. The fraction of sp³-hybridized carbons (Fsp3) is 0.208. The fourth-order valence-corrected chi connectivity index (χ4v) is 4.25. The van der Waals surface area contributed by atoms with Gasteiger partial charge in [-0.1, -0.05) is 36.4 Å². The highest BCUT2D eigenvalue weighted by Gasteiger charge is 2.30. The lowest BCUT2D eigenvalue weighted by molar-refractivity contribution is 0.568. The van der Waals surface area contributed by atoms with E-state index < -0.39 is 0 Å². The van der Waals surface area contributed by atoms with Gasteiger partial charge >= 0.3 is 0 Å². The van der Waals surface area contributed by atoms with Crippen LogP contribution >= 0.6 is 0 Å². The molecule has 5 nitrogen and oxygen atoms in total. The van der Waals surface area contributed by atoms with Gasteiger partial charge in [0.1, 0.15) is 12.0 Å². The van der Waals surface area contributed by atoms with Crippen LogP contribution in [-0.4, -0.2) is 20.2 Å². The van der Waals surface area contributed by atoms with Gasteiger partial charge in [-0.15, -0.1) is 0 Å². The molecule has 1 fully saturated rings. The Morgan fingerprint density at radius 1 is 1.07 bits per heavy atom. The first-order chi connectivity index (χ1) is 14.3. The zero-order valence-electron chi connectivity index (χ0n) is 16.1. The number of imidazole rings is 1.